The molecule has 0 atom stereocenters. The van der Waals surface area contributed by atoms with Crippen molar-refractivity contribution in [3.63, 3.8) is 0 Å². The van der Waals surface area contributed by atoms with E-state index >= 15 is 0 Å². The van der Waals surface area contributed by atoms with E-state index in [4.69, 9.17) is 14.0 Å². The third-order valence-corrected chi connectivity index (χ3v) is 4.15. The summed E-state index contributed by atoms with van der Waals surface area (Å²) in [7, 11) is 3.16. The smallest absolute Gasteiger partial charge is 0.226 e. The van der Waals surface area contributed by atoms with Crippen LogP contribution in [0.2, 0.25) is 0 Å². The summed E-state index contributed by atoms with van der Waals surface area (Å²) in [5.74, 6) is 1.73. The Kier molecular flexibility index (Phi) is 6.10. The zero-order valence-electron chi connectivity index (χ0n) is 15.4. The van der Waals surface area contributed by atoms with Crippen molar-refractivity contribution in [3.05, 3.63) is 65.9 Å². The fourth-order valence-corrected chi connectivity index (χ4v) is 2.74. The highest BCUT2D eigenvalue weighted by atomic mass is 16.5. The molecule has 6 heteroatoms. The molecule has 140 valence electrons. The second kappa shape index (κ2) is 8.89. The van der Waals surface area contributed by atoms with Crippen molar-refractivity contribution >= 4 is 5.91 Å². The van der Waals surface area contributed by atoms with Crippen LogP contribution in [-0.2, 0) is 17.6 Å². The van der Waals surface area contributed by atoms with Crippen molar-refractivity contribution in [1.29, 1.82) is 0 Å². The molecule has 0 fully saturated rings. The molecule has 0 aliphatic heterocycles. The molecule has 0 bridgehead atoms. The van der Waals surface area contributed by atoms with Crippen LogP contribution in [0.15, 0.2) is 59.1 Å². The Morgan fingerprint density at radius 3 is 2.56 bits per heavy atom. The monoisotopic (exact) mass is 366 g/mol. The first-order valence-electron chi connectivity index (χ1n) is 8.68. The van der Waals surface area contributed by atoms with Crippen LogP contribution in [0.5, 0.6) is 11.5 Å². The molecule has 0 spiro atoms. The number of benzene rings is 2. The van der Waals surface area contributed by atoms with Gasteiger partial charge in [0.2, 0.25) is 5.91 Å². The molecular weight excluding hydrogens is 344 g/mol. The topological polar surface area (TPSA) is 73.6 Å². The molecule has 3 rings (SSSR count). The van der Waals surface area contributed by atoms with Crippen LogP contribution in [0.1, 0.15) is 11.3 Å². The highest BCUT2D eigenvalue weighted by molar-refractivity contribution is 5.78. The van der Waals surface area contributed by atoms with Crippen molar-refractivity contribution in [1.82, 2.24) is 10.5 Å². The third kappa shape index (κ3) is 4.88. The minimum Gasteiger partial charge on any atom is -0.493 e. The summed E-state index contributed by atoms with van der Waals surface area (Å²) in [5.41, 5.74) is 2.57. The maximum Gasteiger partial charge on any atom is 0.226 e. The summed E-state index contributed by atoms with van der Waals surface area (Å²) in [6.45, 7) is 0.587. The van der Waals surface area contributed by atoms with Crippen LogP contribution in [0.25, 0.3) is 11.3 Å². The maximum atomic E-state index is 12.1. The van der Waals surface area contributed by atoms with Crippen molar-refractivity contribution in [2.45, 2.75) is 12.8 Å². The second-order valence-corrected chi connectivity index (χ2v) is 6.01. The van der Waals surface area contributed by atoms with Crippen molar-refractivity contribution in [2.75, 3.05) is 20.8 Å². The summed E-state index contributed by atoms with van der Waals surface area (Å²) < 4.78 is 15.9. The summed E-state index contributed by atoms with van der Waals surface area (Å²) >= 11 is 0. The molecule has 0 saturated heterocycles. The van der Waals surface area contributed by atoms with E-state index in [1.165, 1.54) is 5.56 Å². The fraction of sp³-hybridized carbons (Fsp3) is 0.238. The quantitative estimate of drug-likeness (QED) is 0.662. The van der Waals surface area contributed by atoms with Crippen LogP contribution >= 0.6 is 0 Å². The van der Waals surface area contributed by atoms with Crippen LogP contribution < -0.4 is 14.8 Å². The number of carbonyl (C=O) groups excluding carboxylic acids is 1. The number of aromatic nitrogens is 1. The van der Waals surface area contributed by atoms with Gasteiger partial charge >= 0.3 is 0 Å². The Labute approximate surface area is 158 Å². The van der Waals surface area contributed by atoms with E-state index in [1.807, 2.05) is 42.5 Å². The number of hydrogen-bond donors (Lipinski definition) is 1. The minimum atomic E-state index is -0.0851. The molecule has 0 saturated carbocycles. The summed E-state index contributed by atoms with van der Waals surface area (Å²) in [6, 6.07) is 17.3. The van der Waals surface area contributed by atoms with E-state index in [2.05, 4.69) is 10.5 Å². The lowest BCUT2D eigenvalue weighted by Gasteiger charge is -2.07. The van der Waals surface area contributed by atoms with Crippen LogP contribution in [0.3, 0.4) is 0 Å². The summed E-state index contributed by atoms with van der Waals surface area (Å²) in [6.07, 6.45) is 0.966. The predicted octanol–water partition coefficient (Wildman–Crippen LogP) is 3.26. The lowest BCUT2D eigenvalue weighted by molar-refractivity contribution is -0.120. The highest BCUT2D eigenvalue weighted by Crippen LogP contribution is 2.32. The number of methoxy groups -OCH3 is 2. The minimum absolute atomic E-state index is 0.0851. The van der Waals surface area contributed by atoms with Crippen molar-refractivity contribution in [3.8, 4) is 22.8 Å². The van der Waals surface area contributed by atoms with Gasteiger partial charge in [0.1, 0.15) is 0 Å². The predicted molar refractivity (Wildman–Crippen MR) is 102 cm³/mol. The molecule has 6 nitrogen and oxygen atoms in total. The number of hydrogen-bond acceptors (Lipinski definition) is 5. The lowest BCUT2D eigenvalue weighted by atomic mass is 10.1. The number of carbonyl (C=O) groups is 1. The number of amides is 1. The van der Waals surface area contributed by atoms with Gasteiger partial charge in [-0.05, 0) is 30.2 Å². The molecule has 0 unspecified atom stereocenters. The van der Waals surface area contributed by atoms with E-state index in [0.717, 1.165) is 12.0 Å². The van der Waals surface area contributed by atoms with Crippen molar-refractivity contribution < 1.29 is 18.8 Å². The van der Waals surface area contributed by atoms with Gasteiger partial charge in [-0.3, -0.25) is 4.79 Å². The van der Waals surface area contributed by atoms with Gasteiger partial charge in [0.15, 0.2) is 17.3 Å². The van der Waals surface area contributed by atoms with E-state index in [1.54, 1.807) is 26.4 Å². The summed E-state index contributed by atoms with van der Waals surface area (Å²) in [5, 5.41) is 6.89. The first-order valence-corrected chi connectivity index (χ1v) is 8.68. The fourth-order valence-electron chi connectivity index (χ4n) is 2.74. The van der Waals surface area contributed by atoms with Gasteiger partial charge in [-0.2, -0.15) is 0 Å². The molecule has 1 amide bonds. The Morgan fingerprint density at radius 2 is 1.81 bits per heavy atom. The average Bonchev–Trinajstić information content (AvgIpc) is 3.16. The first-order chi connectivity index (χ1) is 13.2. The Balaban J connectivity index is 1.56. The second-order valence-electron chi connectivity index (χ2n) is 6.01. The van der Waals surface area contributed by atoms with Gasteiger partial charge in [-0.25, -0.2) is 0 Å². The molecule has 1 N–H and O–H groups in total. The van der Waals surface area contributed by atoms with Gasteiger partial charge in [0.05, 0.1) is 26.3 Å². The van der Waals surface area contributed by atoms with Crippen LogP contribution in [0.4, 0.5) is 0 Å². The maximum absolute atomic E-state index is 12.1. The molecule has 27 heavy (non-hydrogen) atoms. The molecular formula is C21H22N2O4. The van der Waals surface area contributed by atoms with E-state index in [0.29, 0.717) is 29.5 Å². The SMILES string of the molecule is COc1ccc(-c2cc(CC(=O)NCCc3ccccc3)no2)cc1OC. The van der Waals surface area contributed by atoms with Gasteiger partial charge in [-0.15, -0.1) is 0 Å². The third-order valence-electron chi connectivity index (χ3n) is 4.15. The average molecular weight is 366 g/mol. The Morgan fingerprint density at radius 1 is 1.04 bits per heavy atom. The standard InChI is InChI=1S/C21H22N2O4/c1-25-18-9-8-16(12-20(18)26-2)19-13-17(23-27-19)14-21(24)22-11-10-15-6-4-3-5-7-15/h3-9,12-13H,10-11,14H2,1-2H3,(H,22,24). The van der Waals surface area contributed by atoms with Gasteiger partial charge < -0.3 is 19.3 Å². The zero-order chi connectivity index (χ0) is 19.1. The lowest BCUT2D eigenvalue weighted by Crippen LogP contribution is -2.27. The van der Waals surface area contributed by atoms with Crippen LogP contribution in [-0.4, -0.2) is 31.8 Å². The molecule has 1 aromatic heterocycles. The largest absolute Gasteiger partial charge is 0.493 e. The van der Waals surface area contributed by atoms with Gasteiger partial charge in [-0.1, -0.05) is 35.5 Å². The Bertz CT molecular complexity index is 890. The zero-order valence-corrected chi connectivity index (χ0v) is 15.4. The van der Waals surface area contributed by atoms with E-state index in [9.17, 15) is 4.79 Å². The van der Waals surface area contributed by atoms with Gasteiger partial charge in [0, 0.05) is 18.2 Å². The molecule has 0 aliphatic rings. The normalized spacial score (nSPS) is 10.4. The van der Waals surface area contributed by atoms with E-state index < -0.39 is 0 Å². The molecule has 1 heterocycles. The number of ether oxygens (including phenoxy) is 2. The van der Waals surface area contributed by atoms with Crippen molar-refractivity contribution in [2.24, 2.45) is 0 Å². The number of nitrogens with one attached hydrogen (secondary N) is 1. The molecule has 0 aliphatic carbocycles. The highest BCUT2D eigenvalue weighted by Gasteiger charge is 2.13. The molecule has 2 aromatic carbocycles. The molecule has 3 aromatic rings. The molecule has 0 radical (unpaired) electrons. The van der Waals surface area contributed by atoms with Gasteiger partial charge in [0.25, 0.3) is 0 Å². The van der Waals surface area contributed by atoms with E-state index in [-0.39, 0.29) is 12.3 Å². The summed E-state index contributed by atoms with van der Waals surface area (Å²) in [4.78, 5) is 12.1. The Hall–Kier alpha value is -3.28. The first kappa shape index (κ1) is 18.5. The number of rotatable bonds is 8. The van der Waals surface area contributed by atoms with Crippen LogP contribution in [0, 0.1) is 0 Å². The number of nitrogens with zero attached hydrogens (tertiary/aromatic N) is 1.